The van der Waals surface area contributed by atoms with E-state index in [0.29, 0.717) is 12.0 Å². The zero-order chi connectivity index (χ0) is 24.4. The number of piperidine rings is 1. The van der Waals surface area contributed by atoms with Crippen LogP contribution in [0.5, 0.6) is 5.75 Å². The van der Waals surface area contributed by atoms with Gasteiger partial charge in [0, 0.05) is 69.8 Å². The molecule has 0 aliphatic carbocycles. The molecule has 0 spiro atoms. The van der Waals surface area contributed by atoms with Crippen molar-refractivity contribution in [3.05, 3.63) is 28.9 Å². The van der Waals surface area contributed by atoms with Crippen molar-refractivity contribution in [2.75, 3.05) is 75.5 Å². The van der Waals surface area contributed by atoms with Crippen LogP contribution in [0.4, 0.5) is 23.1 Å². The Morgan fingerprint density at radius 3 is 2.60 bits per heavy atom. The van der Waals surface area contributed by atoms with Gasteiger partial charge in [0.15, 0.2) is 5.82 Å². The minimum atomic E-state index is 0.521. The molecule has 2 fully saturated rings. The van der Waals surface area contributed by atoms with Gasteiger partial charge in [-0.1, -0.05) is 0 Å². The number of fused-ring (bicyclic) bond motifs is 1. The van der Waals surface area contributed by atoms with Crippen LogP contribution in [-0.4, -0.2) is 90.8 Å². The molecule has 10 heteroatoms. The number of piperazine rings is 1. The summed E-state index contributed by atoms with van der Waals surface area (Å²) in [5, 5.41) is 6.68. The lowest BCUT2D eigenvalue weighted by Gasteiger charge is -2.42. The second-order valence-electron chi connectivity index (χ2n) is 9.35. The molecule has 2 aliphatic rings. The van der Waals surface area contributed by atoms with Gasteiger partial charge in [-0.05, 0) is 54.9 Å². The number of methoxy groups -OCH3 is 1. The Balaban J connectivity index is 1.29. The van der Waals surface area contributed by atoms with E-state index < -0.39 is 0 Å². The normalized spacial score (nSPS) is 18.2. The second-order valence-corrected chi connectivity index (χ2v) is 10.2. The third-order valence-corrected chi connectivity index (χ3v) is 7.74. The van der Waals surface area contributed by atoms with Crippen molar-refractivity contribution in [3.63, 3.8) is 0 Å². The van der Waals surface area contributed by atoms with Crippen LogP contribution in [0.1, 0.15) is 19.8 Å². The highest BCUT2D eigenvalue weighted by atomic mass is 79.9. The van der Waals surface area contributed by atoms with Gasteiger partial charge in [-0.3, -0.25) is 4.90 Å². The Bertz CT molecular complexity index is 1150. The van der Waals surface area contributed by atoms with E-state index in [0.717, 1.165) is 52.4 Å². The third kappa shape index (κ3) is 5.19. The van der Waals surface area contributed by atoms with E-state index >= 15 is 0 Å². The number of rotatable bonds is 7. The van der Waals surface area contributed by atoms with Crippen molar-refractivity contribution >= 4 is 50.1 Å². The van der Waals surface area contributed by atoms with E-state index in [2.05, 4.69) is 83.4 Å². The van der Waals surface area contributed by atoms with Gasteiger partial charge in [-0.2, -0.15) is 4.98 Å². The zero-order valence-electron chi connectivity index (χ0n) is 20.8. The summed E-state index contributed by atoms with van der Waals surface area (Å²) in [5.41, 5.74) is 3.75. The highest BCUT2D eigenvalue weighted by Crippen LogP contribution is 2.34. The average Bonchev–Trinajstić information content (AvgIpc) is 3.26. The molecule has 9 nitrogen and oxygen atoms in total. The Kier molecular flexibility index (Phi) is 7.31. The topological polar surface area (TPSA) is 84.6 Å². The maximum Gasteiger partial charge on any atom is 0.230 e. The summed E-state index contributed by atoms with van der Waals surface area (Å²) in [6.07, 6.45) is 4.30. The van der Waals surface area contributed by atoms with Crippen LogP contribution >= 0.6 is 15.9 Å². The average molecular weight is 544 g/mol. The highest BCUT2D eigenvalue weighted by Gasteiger charge is 2.27. The lowest BCUT2D eigenvalue weighted by atomic mass is 10.0. The fraction of sp³-hybridized carbons (Fsp3) is 0.520. The number of ether oxygens (including phenoxy) is 1. The van der Waals surface area contributed by atoms with E-state index in [-0.39, 0.29) is 0 Å². The van der Waals surface area contributed by atoms with Crippen LogP contribution in [0, 0.1) is 0 Å². The number of aromatic nitrogens is 3. The molecule has 2 aromatic heterocycles. The summed E-state index contributed by atoms with van der Waals surface area (Å²) in [4.78, 5) is 20.2. The molecule has 1 aromatic carbocycles. The quantitative estimate of drug-likeness (QED) is 0.411. The van der Waals surface area contributed by atoms with Crippen molar-refractivity contribution in [3.8, 4) is 5.75 Å². The van der Waals surface area contributed by atoms with Crippen molar-refractivity contribution in [1.29, 1.82) is 0 Å². The van der Waals surface area contributed by atoms with Crippen LogP contribution < -0.4 is 20.3 Å². The van der Waals surface area contributed by atoms with E-state index in [9.17, 15) is 0 Å². The molecule has 0 amide bonds. The maximum atomic E-state index is 5.76. The molecule has 3 aromatic rings. The molecule has 0 atom stereocenters. The van der Waals surface area contributed by atoms with Gasteiger partial charge in [0.05, 0.1) is 17.3 Å². The van der Waals surface area contributed by atoms with E-state index in [1.54, 1.807) is 7.11 Å². The van der Waals surface area contributed by atoms with Gasteiger partial charge in [0.25, 0.3) is 0 Å². The number of nitrogens with one attached hydrogen (secondary N) is 3. The summed E-state index contributed by atoms with van der Waals surface area (Å²) in [7, 11) is 3.93. The number of H-pyrrole nitrogens is 1. The van der Waals surface area contributed by atoms with Crippen molar-refractivity contribution in [1.82, 2.24) is 24.8 Å². The first kappa shape index (κ1) is 24.1. The number of nitrogens with zero attached hydrogens (tertiary/aromatic N) is 5. The molecule has 0 radical (unpaired) electrons. The fourth-order valence-corrected chi connectivity index (χ4v) is 5.50. The summed E-state index contributed by atoms with van der Waals surface area (Å²) < 4.78 is 6.66. The SMILES string of the molecule is CCNc1nc(Nc2ccc(N3CCC(N4CCN(C)CC4)CC3)cc2OC)nc2c(Br)c[nH]c12. The Labute approximate surface area is 215 Å². The first-order valence-electron chi connectivity index (χ1n) is 12.5. The molecule has 0 unspecified atom stereocenters. The highest BCUT2D eigenvalue weighted by molar-refractivity contribution is 9.10. The fourth-order valence-electron chi connectivity index (χ4n) is 5.10. The largest absolute Gasteiger partial charge is 0.494 e. The minimum absolute atomic E-state index is 0.521. The molecule has 0 saturated carbocycles. The van der Waals surface area contributed by atoms with Gasteiger partial charge in [-0.15, -0.1) is 0 Å². The number of aromatic amines is 1. The van der Waals surface area contributed by atoms with E-state index in [4.69, 9.17) is 9.72 Å². The Morgan fingerprint density at radius 2 is 1.89 bits per heavy atom. The van der Waals surface area contributed by atoms with Crippen molar-refractivity contribution < 1.29 is 4.74 Å². The van der Waals surface area contributed by atoms with Crippen molar-refractivity contribution in [2.45, 2.75) is 25.8 Å². The Morgan fingerprint density at radius 1 is 1.11 bits per heavy atom. The standard InChI is InChI=1S/C25H35BrN8O/c1-4-27-24-23-22(19(26)16-28-23)30-25(31-24)29-20-6-5-18(15-21(20)35-3)33-9-7-17(8-10-33)34-13-11-32(2)12-14-34/h5-6,15-17,28H,4,7-14H2,1-3H3,(H2,27,29,30,31). The van der Waals surface area contributed by atoms with Gasteiger partial charge < -0.3 is 30.2 Å². The zero-order valence-corrected chi connectivity index (χ0v) is 22.4. The summed E-state index contributed by atoms with van der Waals surface area (Å²) in [6.45, 7) is 9.70. The lowest BCUT2D eigenvalue weighted by molar-refractivity contribution is 0.0982. The summed E-state index contributed by atoms with van der Waals surface area (Å²) in [6, 6.07) is 7.05. The first-order chi connectivity index (χ1) is 17.1. The van der Waals surface area contributed by atoms with Gasteiger partial charge in [-0.25, -0.2) is 4.98 Å². The predicted molar refractivity (Wildman–Crippen MR) is 146 cm³/mol. The molecular formula is C25H35BrN8O. The summed E-state index contributed by atoms with van der Waals surface area (Å²) in [5.74, 6) is 2.07. The monoisotopic (exact) mass is 542 g/mol. The van der Waals surface area contributed by atoms with Gasteiger partial charge >= 0.3 is 0 Å². The molecule has 2 aliphatic heterocycles. The maximum absolute atomic E-state index is 5.76. The lowest BCUT2D eigenvalue weighted by Crippen LogP contribution is -2.52. The molecule has 0 bridgehead atoms. The van der Waals surface area contributed by atoms with Gasteiger partial charge in [0.2, 0.25) is 5.95 Å². The van der Waals surface area contributed by atoms with Crippen LogP contribution in [0.3, 0.4) is 0 Å². The molecule has 3 N–H and O–H groups in total. The number of anilines is 4. The first-order valence-corrected chi connectivity index (χ1v) is 13.3. The third-order valence-electron chi connectivity index (χ3n) is 7.14. The molecule has 35 heavy (non-hydrogen) atoms. The van der Waals surface area contributed by atoms with E-state index in [1.807, 2.05) is 6.20 Å². The number of hydrogen-bond donors (Lipinski definition) is 3. The number of halogens is 1. The molecule has 5 rings (SSSR count). The van der Waals surface area contributed by atoms with Crippen LogP contribution in [0.2, 0.25) is 0 Å². The molecule has 188 valence electrons. The number of benzene rings is 1. The smallest absolute Gasteiger partial charge is 0.230 e. The van der Waals surface area contributed by atoms with Crippen LogP contribution in [-0.2, 0) is 0 Å². The van der Waals surface area contributed by atoms with Crippen molar-refractivity contribution in [2.24, 2.45) is 0 Å². The predicted octanol–water partition coefficient (Wildman–Crippen LogP) is 4.12. The van der Waals surface area contributed by atoms with Crippen LogP contribution in [0.25, 0.3) is 11.0 Å². The van der Waals surface area contributed by atoms with Crippen LogP contribution in [0.15, 0.2) is 28.9 Å². The van der Waals surface area contributed by atoms with Gasteiger partial charge in [0.1, 0.15) is 16.8 Å². The molecular weight excluding hydrogens is 508 g/mol. The molecule has 4 heterocycles. The number of likely N-dealkylation sites (N-methyl/N-ethyl adjacent to an activating group) is 1. The Hall–Kier alpha value is -2.56. The minimum Gasteiger partial charge on any atom is -0.494 e. The molecule has 2 saturated heterocycles. The number of hydrogen-bond acceptors (Lipinski definition) is 8. The summed E-state index contributed by atoms with van der Waals surface area (Å²) >= 11 is 3.57. The second kappa shape index (κ2) is 10.6. The van der Waals surface area contributed by atoms with E-state index in [1.165, 1.54) is 44.7 Å².